The van der Waals surface area contributed by atoms with Crippen molar-refractivity contribution in [3.63, 3.8) is 0 Å². The molecule has 0 aliphatic rings. The number of halogens is 1. The number of nitriles is 1. The smallest absolute Gasteiger partial charge is 0.161 e. The second-order valence-corrected chi connectivity index (χ2v) is 3.08. The number of nitrogens with zero attached hydrogens (tertiary/aromatic N) is 1. The zero-order valence-corrected chi connectivity index (χ0v) is 8.55. The zero-order valence-electron chi connectivity index (χ0n) is 7.80. The Bertz CT molecular complexity index is 421. The van der Waals surface area contributed by atoms with Crippen LogP contribution >= 0.6 is 11.6 Å². The molecule has 0 amide bonds. The molecule has 0 radical (unpaired) electrons. The maximum atomic E-state index is 11.2. The van der Waals surface area contributed by atoms with Gasteiger partial charge in [-0.05, 0) is 19.1 Å². The maximum Gasteiger partial charge on any atom is 0.161 e. The molecular weight excluding hydrogens is 202 g/mol. The molecule has 0 fully saturated rings. The predicted molar refractivity (Wildman–Crippen MR) is 52.7 cm³/mol. The average molecular weight is 210 g/mol. The maximum absolute atomic E-state index is 11.2. The average Bonchev–Trinajstić information content (AvgIpc) is 2.17. The summed E-state index contributed by atoms with van der Waals surface area (Å²) < 4.78 is 4.94. The second-order valence-electron chi connectivity index (χ2n) is 2.70. The van der Waals surface area contributed by atoms with Gasteiger partial charge in [-0.2, -0.15) is 5.26 Å². The quantitative estimate of drug-likeness (QED) is 0.703. The zero-order chi connectivity index (χ0) is 10.7. The summed E-state index contributed by atoms with van der Waals surface area (Å²) in [7, 11) is 1.47. The fraction of sp³-hybridized carbons (Fsp3) is 0.200. The van der Waals surface area contributed by atoms with Crippen LogP contribution in [-0.4, -0.2) is 12.9 Å². The van der Waals surface area contributed by atoms with Crippen LogP contribution in [0.4, 0.5) is 0 Å². The first kappa shape index (κ1) is 10.6. The third kappa shape index (κ3) is 1.86. The Morgan fingerprint density at radius 3 is 2.64 bits per heavy atom. The number of benzene rings is 1. The van der Waals surface area contributed by atoms with E-state index in [1.807, 2.05) is 6.07 Å². The molecule has 0 saturated heterocycles. The number of hydrogen-bond donors (Lipinski definition) is 0. The highest BCUT2D eigenvalue weighted by molar-refractivity contribution is 6.35. The van der Waals surface area contributed by atoms with E-state index in [9.17, 15) is 4.79 Å². The number of ether oxygens (including phenoxy) is 1. The summed E-state index contributed by atoms with van der Waals surface area (Å²) in [4.78, 5) is 11.2. The van der Waals surface area contributed by atoms with Crippen LogP contribution < -0.4 is 4.74 Å². The van der Waals surface area contributed by atoms with Gasteiger partial charge in [0.1, 0.15) is 11.8 Å². The molecule has 4 heteroatoms. The highest BCUT2D eigenvalue weighted by atomic mass is 35.5. The van der Waals surface area contributed by atoms with E-state index in [0.717, 1.165) is 0 Å². The molecule has 0 saturated carbocycles. The van der Waals surface area contributed by atoms with Gasteiger partial charge in [0, 0.05) is 5.56 Å². The van der Waals surface area contributed by atoms with E-state index in [0.29, 0.717) is 11.3 Å². The van der Waals surface area contributed by atoms with Gasteiger partial charge in [-0.15, -0.1) is 0 Å². The standard InChI is InChI=1S/C10H8ClNO2/c1-6(13)9-4-8(14-2)3-7(5-12)10(9)11/h3-4H,1-2H3. The molecular formula is C10H8ClNO2. The van der Waals surface area contributed by atoms with E-state index in [1.54, 1.807) is 0 Å². The van der Waals surface area contributed by atoms with Crippen LogP contribution in [0.15, 0.2) is 12.1 Å². The van der Waals surface area contributed by atoms with Gasteiger partial charge in [0.15, 0.2) is 5.78 Å². The Morgan fingerprint density at radius 1 is 1.57 bits per heavy atom. The summed E-state index contributed by atoms with van der Waals surface area (Å²) in [5.74, 6) is 0.265. The lowest BCUT2D eigenvalue weighted by molar-refractivity contribution is 0.101. The van der Waals surface area contributed by atoms with Crippen molar-refractivity contribution in [2.24, 2.45) is 0 Å². The number of hydrogen-bond acceptors (Lipinski definition) is 3. The molecule has 0 atom stereocenters. The first-order valence-electron chi connectivity index (χ1n) is 3.88. The normalized spacial score (nSPS) is 9.29. The molecule has 1 rings (SSSR count). The van der Waals surface area contributed by atoms with E-state index in [4.69, 9.17) is 21.6 Å². The van der Waals surface area contributed by atoms with Gasteiger partial charge in [0.05, 0.1) is 17.7 Å². The largest absolute Gasteiger partial charge is 0.497 e. The summed E-state index contributed by atoms with van der Waals surface area (Å²) in [5, 5.41) is 8.92. The first-order valence-corrected chi connectivity index (χ1v) is 4.26. The Kier molecular flexibility index (Phi) is 3.10. The molecule has 0 aliphatic heterocycles. The highest BCUT2D eigenvalue weighted by Crippen LogP contribution is 2.26. The van der Waals surface area contributed by atoms with Crippen molar-refractivity contribution in [1.29, 1.82) is 5.26 Å². The fourth-order valence-electron chi connectivity index (χ4n) is 1.05. The Balaban J connectivity index is 3.44. The van der Waals surface area contributed by atoms with Crippen LogP contribution in [-0.2, 0) is 0 Å². The van der Waals surface area contributed by atoms with Gasteiger partial charge in [-0.1, -0.05) is 11.6 Å². The predicted octanol–water partition coefficient (Wildman–Crippen LogP) is 2.42. The Morgan fingerprint density at radius 2 is 2.21 bits per heavy atom. The van der Waals surface area contributed by atoms with Crippen molar-refractivity contribution in [3.8, 4) is 11.8 Å². The number of Topliss-reactive ketones (excluding diaryl/α,β-unsaturated/α-hetero) is 1. The van der Waals surface area contributed by atoms with Crippen molar-refractivity contribution in [2.45, 2.75) is 6.92 Å². The van der Waals surface area contributed by atoms with Crippen LogP contribution in [0.25, 0.3) is 0 Å². The van der Waals surface area contributed by atoms with E-state index in [1.165, 1.54) is 26.2 Å². The number of carbonyl (C=O) groups excluding carboxylic acids is 1. The molecule has 14 heavy (non-hydrogen) atoms. The van der Waals surface area contributed by atoms with Crippen LogP contribution in [0.5, 0.6) is 5.75 Å². The van der Waals surface area contributed by atoms with Gasteiger partial charge in [-0.3, -0.25) is 4.79 Å². The lowest BCUT2D eigenvalue weighted by atomic mass is 10.1. The molecule has 0 bridgehead atoms. The lowest BCUT2D eigenvalue weighted by Crippen LogP contribution is -1.97. The fourth-order valence-corrected chi connectivity index (χ4v) is 1.34. The van der Waals surface area contributed by atoms with Crippen LogP contribution in [0.3, 0.4) is 0 Å². The molecule has 0 heterocycles. The molecule has 1 aromatic rings. The number of ketones is 1. The first-order chi connectivity index (χ1) is 6.60. The summed E-state index contributed by atoms with van der Waals surface area (Å²) in [6, 6.07) is 4.92. The SMILES string of the molecule is COc1cc(C#N)c(Cl)c(C(C)=O)c1. The van der Waals surface area contributed by atoms with Crippen LogP contribution in [0, 0.1) is 11.3 Å². The molecule has 0 unspecified atom stereocenters. The Hall–Kier alpha value is -1.53. The monoisotopic (exact) mass is 209 g/mol. The molecule has 3 nitrogen and oxygen atoms in total. The van der Waals surface area contributed by atoms with Crippen molar-refractivity contribution < 1.29 is 9.53 Å². The minimum atomic E-state index is -0.189. The minimum Gasteiger partial charge on any atom is -0.497 e. The summed E-state index contributed by atoms with van der Waals surface area (Å²) in [6.07, 6.45) is 0. The number of carbonyl (C=O) groups is 1. The number of methoxy groups -OCH3 is 1. The van der Waals surface area contributed by atoms with Gasteiger partial charge >= 0.3 is 0 Å². The lowest BCUT2D eigenvalue weighted by Gasteiger charge is -2.05. The van der Waals surface area contributed by atoms with Crippen molar-refractivity contribution >= 4 is 17.4 Å². The van der Waals surface area contributed by atoms with Gasteiger partial charge in [0.2, 0.25) is 0 Å². The van der Waals surface area contributed by atoms with E-state index < -0.39 is 0 Å². The molecule has 0 spiro atoms. The van der Waals surface area contributed by atoms with Gasteiger partial charge in [0.25, 0.3) is 0 Å². The highest BCUT2D eigenvalue weighted by Gasteiger charge is 2.12. The molecule has 72 valence electrons. The topological polar surface area (TPSA) is 50.1 Å². The van der Waals surface area contributed by atoms with Crippen molar-refractivity contribution in [3.05, 3.63) is 28.3 Å². The van der Waals surface area contributed by atoms with Gasteiger partial charge < -0.3 is 4.74 Å². The molecule has 0 aromatic heterocycles. The summed E-state index contributed by atoms with van der Waals surface area (Å²) in [5.41, 5.74) is 0.554. The second kappa shape index (κ2) is 4.12. The van der Waals surface area contributed by atoms with Crippen molar-refractivity contribution in [2.75, 3.05) is 7.11 Å². The molecule has 0 N–H and O–H groups in total. The van der Waals surface area contributed by atoms with E-state index in [2.05, 4.69) is 0 Å². The molecule has 1 aromatic carbocycles. The summed E-state index contributed by atoms with van der Waals surface area (Å²) >= 11 is 5.83. The van der Waals surface area contributed by atoms with Crippen molar-refractivity contribution in [1.82, 2.24) is 0 Å². The van der Waals surface area contributed by atoms with Crippen LogP contribution in [0.1, 0.15) is 22.8 Å². The third-order valence-corrected chi connectivity index (χ3v) is 2.19. The van der Waals surface area contributed by atoms with E-state index >= 15 is 0 Å². The number of rotatable bonds is 2. The summed E-state index contributed by atoms with van der Waals surface area (Å²) in [6.45, 7) is 1.39. The van der Waals surface area contributed by atoms with Gasteiger partial charge in [-0.25, -0.2) is 0 Å². The Labute approximate surface area is 86.9 Å². The van der Waals surface area contributed by atoms with Crippen LogP contribution in [0.2, 0.25) is 5.02 Å². The minimum absolute atomic E-state index is 0.181. The third-order valence-electron chi connectivity index (χ3n) is 1.78. The van der Waals surface area contributed by atoms with E-state index in [-0.39, 0.29) is 16.4 Å². The molecule has 0 aliphatic carbocycles.